The Morgan fingerprint density at radius 1 is 1.21 bits per heavy atom. The van der Waals surface area contributed by atoms with Crippen molar-refractivity contribution < 1.29 is 22.4 Å². The van der Waals surface area contributed by atoms with Gasteiger partial charge in [-0.1, -0.05) is 5.92 Å². The number of rotatable bonds is 7. The Kier molecular flexibility index (Phi) is 6.98. The number of alkyl halides is 3. The van der Waals surface area contributed by atoms with E-state index in [2.05, 4.69) is 26.1 Å². The first-order valence-electron chi connectivity index (χ1n) is 12.0. The van der Waals surface area contributed by atoms with E-state index in [1.54, 1.807) is 6.07 Å². The molecule has 1 fully saturated rings. The molecule has 198 valence electrons. The van der Waals surface area contributed by atoms with Crippen LogP contribution in [-0.4, -0.2) is 50.6 Å². The van der Waals surface area contributed by atoms with E-state index in [-0.39, 0.29) is 23.0 Å². The zero-order valence-corrected chi connectivity index (χ0v) is 21.0. The lowest BCUT2D eigenvalue weighted by Crippen LogP contribution is -2.38. The number of hydrogen-bond donors (Lipinski definition) is 2. The van der Waals surface area contributed by atoms with Crippen LogP contribution in [0.2, 0.25) is 0 Å². The molecule has 0 spiro atoms. The summed E-state index contributed by atoms with van der Waals surface area (Å²) in [6.45, 7) is 1.82. The van der Waals surface area contributed by atoms with Gasteiger partial charge in [0.25, 0.3) is 0 Å². The summed E-state index contributed by atoms with van der Waals surface area (Å²) in [6.07, 6.45) is 3.20. The topological polar surface area (TPSA) is 89.1 Å². The molecule has 12 heteroatoms. The maximum absolute atomic E-state index is 15.0. The lowest BCUT2D eigenvalue weighted by atomic mass is 10.0. The smallest absolute Gasteiger partial charge is 0.368 e. The highest BCUT2D eigenvalue weighted by Crippen LogP contribution is 2.33. The van der Waals surface area contributed by atoms with Gasteiger partial charge in [-0.15, -0.1) is 17.8 Å². The summed E-state index contributed by atoms with van der Waals surface area (Å²) in [5, 5.41) is 4.58. The van der Waals surface area contributed by atoms with E-state index in [4.69, 9.17) is 12.2 Å². The SMILES string of the molecule is C#Cc1cc2cc(CN3CCC(Nc4ncnc5sc(CC(F)(F)F)cc45)CC3)cc(F)c2n1CC(N)=O. The van der Waals surface area contributed by atoms with E-state index in [0.29, 0.717) is 33.7 Å². The van der Waals surface area contributed by atoms with Gasteiger partial charge in [0.1, 0.15) is 29.3 Å². The van der Waals surface area contributed by atoms with Crippen LogP contribution in [0.25, 0.3) is 21.1 Å². The first-order valence-corrected chi connectivity index (χ1v) is 12.8. The number of carbonyl (C=O) groups excluding carboxylic acids is 1. The summed E-state index contributed by atoms with van der Waals surface area (Å²) in [5.74, 6) is 1.94. The fourth-order valence-corrected chi connectivity index (χ4v) is 5.97. The lowest BCUT2D eigenvalue weighted by Gasteiger charge is -2.32. The Morgan fingerprint density at radius 2 is 1.97 bits per heavy atom. The molecule has 0 radical (unpaired) electrons. The van der Waals surface area contributed by atoms with Gasteiger partial charge in [-0.3, -0.25) is 9.69 Å². The van der Waals surface area contributed by atoms with E-state index in [1.807, 2.05) is 6.07 Å². The third kappa shape index (κ3) is 5.58. The third-order valence-corrected chi connectivity index (χ3v) is 7.60. The summed E-state index contributed by atoms with van der Waals surface area (Å²) in [7, 11) is 0. The molecule has 4 aromatic rings. The fraction of sp³-hybridized carbons (Fsp3) is 0.346. The number of amides is 1. The highest BCUT2D eigenvalue weighted by atomic mass is 32.1. The monoisotopic (exact) mass is 544 g/mol. The minimum absolute atomic E-state index is 0.0931. The zero-order valence-electron chi connectivity index (χ0n) is 20.2. The number of anilines is 1. The first-order chi connectivity index (χ1) is 18.1. The summed E-state index contributed by atoms with van der Waals surface area (Å²) in [6, 6.07) is 6.60. The number of nitrogens with zero attached hydrogens (tertiary/aromatic N) is 4. The van der Waals surface area contributed by atoms with Crippen LogP contribution in [0, 0.1) is 18.2 Å². The molecule has 3 aromatic heterocycles. The largest absolute Gasteiger partial charge is 0.393 e. The molecule has 7 nitrogen and oxygen atoms in total. The van der Waals surface area contributed by atoms with Gasteiger partial charge in [0.2, 0.25) is 5.91 Å². The summed E-state index contributed by atoms with van der Waals surface area (Å²) in [5.41, 5.74) is 6.73. The zero-order chi connectivity index (χ0) is 27.0. The minimum atomic E-state index is -4.28. The number of hydrogen-bond acceptors (Lipinski definition) is 6. The molecule has 0 unspecified atom stereocenters. The van der Waals surface area contributed by atoms with Crippen molar-refractivity contribution in [1.29, 1.82) is 0 Å². The van der Waals surface area contributed by atoms with Crippen LogP contribution >= 0.6 is 11.3 Å². The molecule has 0 atom stereocenters. The number of benzene rings is 1. The first kappa shape index (κ1) is 25.9. The van der Waals surface area contributed by atoms with Gasteiger partial charge >= 0.3 is 6.18 Å². The number of thiophene rings is 1. The molecular weight excluding hydrogens is 520 g/mol. The Balaban J connectivity index is 1.24. The summed E-state index contributed by atoms with van der Waals surface area (Å²) >= 11 is 1.03. The second-order valence-corrected chi connectivity index (χ2v) is 10.5. The third-order valence-electron chi connectivity index (χ3n) is 6.56. The average Bonchev–Trinajstić information content (AvgIpc) is 3.40. The van der Waals surface area contributed by atoms with E-state index in [9.17, 15) is 18.0 Å². The molecule has 1 aliphatic rings. The quantitative estimate of drug-likeness (QED) is 0.266. The number of nitrogens with two attached hydrogens (primary N) is 1. The number of piperidine rings is 1. The van der Waals surface area contributed by atoms with Crippen molar-refractivity contribution in [1.82, 2.24) is 19.4 Å². The number of halogens is 4. The van der Waals surface area contributed by atoms with Crippen LogP contribution in [0.1, 0.15) is 29.0 Å². The lowest BCUT2D eigenvalue weighted by molar-refractivity contribution is -0.126. The molecule has 1 saturated heterocycles. The number of carbonyl (C=O) groups is 1. The Labute approximate surface area is 219 Å². The number of fused-ring (bicyclic) bond motifs is 2. The molecule has 0 saturated carbocycles. The molecule has 1 amide bonds. The second-order valence-electron chi connectivity index (χ2n) is 9.38. The maximum atomic E-state index is 15.0. The average molecular weight is 545 g/mol. The molecule has 0 aliphatic carbocycles. The van der Waals surface area contributed by atoms with Gasteiger partial charge in [0.05, 0.1) is 23.0 Å². The number of nitrogens with one attached hydrogen (secondary N) is 1. The number of terminal acetylenes is 1. The molecule has 3 N–H and O–H groups in total. The molecule has 5 rings (SSSR count). The van der Waals surface area contributed by atoms with E-state index in [0.717, 1.165) is 42.8 Å². The molecule has 38 heavy (non-hydrogen) atoms. The van der Waals surface area contributed by atoms with E-state index in [1.165, 1.54) is 23.0 Å². The van der Waals surface area contributed by atoms with Gasteiger partial charge < -0.3 is 15.6 Å². The second kappa shape index (κ2) is 10.2. The molecule has 0 bridgehead atoms. The number of primary amides is 1. The Hall–Kier alpha value is -3.69. The van der Waals surface area contributed by atoms with Gasteiger partial charge in [0.15, 0.2) is 0 Å². The van der Waals surface area contributed by atoms with Crippen molar-refractivity contribution in [2.75, 3.05) is 18.4 Å². The number of likely N-dealkylation sites (tertiary alicyclic amines) is 1. The highest BCUT2D eigenvalue weighted by molar-refractivity contribution is 7.18. The number of aromatic nitrogens is 3. The van der Waals surface area contributed by atoms with Gasteiger partial charge in [0, 0.05) is 35.9 Å². The highest BCUT2D eigenvalue weighted by Gasteiger charge is 2.29. The maximum Gasteiger partial charge on any atom is 0.393 e. The van der Waals surface area contributed by atoms with Crippen molar-refractivity contribution >= 4 is 44.2 Å². The fourth-order valence-electron chi connectivity index (χ4n) is 4.94. The Bertz CT molecular complexity index is 1550. The van der Waals surface area contributed by atoms with Crippen LogP contribution in [0.15, 0.2) is 30.6 Å². The van der Waals surface area contributed by atoms with E-state index >= 15 is 4.39 Å². The van der Waals surface area contributed by atoms with Crippen LogP contribution in [0.5, 0.6) is 0 Å². The van der Waals surface area contributed by atoms with Crippen LogP contribution in [-0.2, 0) is 24.3 Å². The van der Waals surface area contributed by atoms with Crippen LogP contribution in [0.3, 0.4) is 0 Å². The predicted molar refractivity (Wildman–Crippen MR) is 138 cm³/mol. The van der Waals surface area contributed by atoms with Crippen LogP contribution < -0.4 is 11.1 Å². The standard InChI is InChI=1S/C26H24F4N6OS/c1-2-18-9-16-7-15(8-21(27)23(16)36(18)13-22(31)37)12-35-5-3-17(4-6-35)34-24-20-10-19(11-26(28,29)30)38-25(20)33-14-32-24/h1,7-10,14,17H,3-6,11-13H2,(H2,31,37)(H,32,33,34). The van der Waals surface area contributed by atoms with Crippen molar-refractivity contribution in [3.63, 3.8) is 0 Å². The molecule has 1 aromatic carbocycles. The van der Waals surface area contributed by atoms with Gasteiger partial charge in [-0.2, -0.15) is 13.2 Å². The van der Waals surface area contributed by atoms with Gasteiger partial charge in [-0.25, -0.2) is 14.4 Å². The van der Waals surface area contributed by atoms with Crippen molar-refractivity contribution in [3.05, 3.63) is 52.5 Å². The van der Waals surface area contributed by atoms with E-state index < -0.39 is 24.3 Å². The summed E-state index contributed by atoms with van der Waals surface area (Å²) < 4.78 is 54.9. The van der Waals surface area contributed by atoms with Crippen molar-refractivity contribution in [2.24, 2.45) is 5.73 Å². The normalized spacial score (nSPS) is 15.2. The van der Waals surface area contributed by atoms with Gasteiger partial charge in [-0.05, 0) is 42.7 Å². The molecule has 4 heterocycles. The molecule has 1 aliphatic heterocycles. The predicted octanol–water partition coefficient (Wildman–Crippen LogP) is 4.43. The minimum Gasteiger partial charge on any atom is -0.368 e. The van der Waals surface area contributed by atoms with Crippen molar-refractivity contribution in [2.45, 2.75) is 44.6 Å². The Morgan fingerprint density at radius 3 is 2.66 bits per heavy atom. The van der Waals surface area contributed by atoms with Crippen molar-refractivity contribution in [3.8, 4) is 12.3 Å². The molecular formula is C26H24F4N6OS. The summed E-state index contributed by atoms with van der Waals surface area (Å²) in [4.78, 5) is 22.8. The van der Waals surface area contributed by atoms with Crippen LogP contribution in [0.4, 0.5) is 23.4 Å².